The van der Waals surface area contributed by atoms with E-state index in [0.29, 0.717) is 11.4 Å². The van der Waals surface area contributed by atoms with Gasteiger partial charge in [0.25, 0.3) is 5.91 Å². The van der Waals surface area contributed by atoms with Gasteiger partial charge in [0.1, 0.15) is 5.69 Å². The van der Waals surface area contributed by atoms with Gasteiger partial charge in [-0.3, -0.25) is 14.6 Å². The number of carbonyl (C=O) groups excluding carboxylic acids is 1. The Kier molecular flexibility index (Phi) is 6.00. The molecule has 0 saturated carbocycles. The van der Waals surface area contributed by atoms with Gasteiger partial charge in [0, 0.05) is 17.3 Å². The van der Waals surface area contributed by atoms with Crippen LogP contribution < -0.4 is 5.32 Å². The molecular formula is C18H29N5O2. The molecule has 1 amide bonds. The molecule has 0 bridgehead atoms. The fourth-order valence-electron chi connectivity index (χ4n) is 3.00. The Morgan fingerprint density at radius 1 is 1.36 bits per heavy atom. The fraction of sp³-hybridized carbons (Fsp3) is 0.611. The molecule has 2 atom stereocenters. The van der Waals surface area contributed by atoms with Crippen LogP contribution in [0.15, 0.2) is 6.07 Å². The van der Waals surface area contributed by atoms with Gasteiger partial charge in [-0.1, -0.05) is 20.3 Å². The summed E-state index contributed by atoms with van der Waals surface area (Å²) in [5.41, 5.74) is 3.95. The highest BCUT2D eigenvalue weighted by atomic mass is 16.3. The lowest BCUT2D eigenvalue weighted by Crippen LogP contribution is -2.42. The number of nitrogens with zero attached hydrogens (tertiary/aromatic N) is 3. The van der Waals surface area contributed by atoms with E-state index in [1.54, 1.807) is 6.07 Å². The molecule has 2 aromatic heterocycles. The number of hydrogen-bond acceptors (Lipinski definition) is 4. The zero-order valence-electron chi connectivity index (χ0n) is 15.9. The second kappa shape index (κ2) is 7.82. The summed E-state index contributed by atoms with van der Waals surface area (Å²) in [6.45, 7) is 12.1. The van der Waals surface area contributed by atoms with Crippen molar-refractivity contribution in [2.45, 2.75) is 60.0 Å². The van der Waals surface area contributed by atoms with Gasteiger partial charge in [-0.15, -0.1) is 0 Å². The zero-order valence-corrected chi connectivity index (χ0v) is 15.9. The van der Waals surface area contributed by atoms with E-state index in [1.807, 2.05) is 32.4 Å². The molecule has 138 valence electrons. The molecule has 7 heteroatoms. The number of hydrogen-bond donors (Lipinski definition) is 3. The standard InChI is InChI=1S/C18H29N5O2/c1-7-11(4)16(9-24)19-18(25)15-8-14(20-21-15)17-12(5)22-23(10(2)3)13(17)6/h8,10-11,16,24H,7,9H2,1-6H3,(H,19,25)(H,20,21)/t11-,16-/m0/s1. The van der Waals surface area contributed by atoms with Gasteiger partial charge in [0.15, 0.2) is 0 Å². The van der Waals surface area contributed by atoms with Crippen LogP contribution in [0.3, 0.4) is 0 Å². The Morgan fingerprint density at radius 3 is 2.56 bits per heavy atom. The van der Waals surface area contributed by atoms with Gasteiger partial charge in [0.2, 0.25) is 0 Å². The third-order valence-electron chi connectivity index (χ3n) is 4.74. The summed E-state index contributed by atoms with van der Waals surface area (Å²) in [6.07, 6.45) is 0.881. The predicted octanol–water partition coefficient (Wildman–Crippen LogP) is 2.61. The van der Waals surface area contributed by atoms with Crippen molar-refractivity contribution in [3.63, 3.8) is 0 Å². The summed E-state index contributed by atoms with van der Waals surface area (Å²) in [6, 6.07) is 1.73. The zero-order chi connectivity index (χ0) is 18.7. The third-order valence-corrected chi connectivity index (χ3v) is 4.74. The molecule has 0 saturated heterocycles. The van der Waals surface area contributed by atoms with E-state index >= 15 is 0 Å². The molecule has 3 N–H and O–H groups in total. The lowest BCUT2D eigenvalue weighted by atomic mass is 10.00. The lowest BCUT2D eigenvalue weighted by molar-refractivity contribution is 0.0886. The SMILES string of the molecule is CC[C@H](C)[C@H](CO)NC(=O)c1cc(-c2c(C)nn(C(C)C)c2C)n[nH]1. The minimum atomic E-state index is -0.267. The van der Waals surface area contributed by atoms with E-state index in [9.17, 15) is 9.90 Å². The number of aromatic amines is 1. The number of nitrogens with one attached hydrogen (secondary N) is 2. The fourth-order valence-corrected chi connectivity index (χ4v) is 3.00. The Morgan fingerprint density at radius 2 is 2.04 bits per heavy atom. The Labute approximate surface area is 148 Å². The highest BCUT2D eigenvalue weighted by Crippen LogP contribution is 2.27. The molecule has 0 unspecified atom stereocenters. The summed E-state index contributed by atoms with van der Waals surface area (Å²) in [5.74, 6) is -0.0604. The summed E-state index contributed by atoms with van der Waals surface area (Å²) >= 11 is 0. The maximum Gasteiger partial charge on any atom is 0.269 e. The first kappa shape index (κ1) is 19.2. The molecule has 2 rings (SSSR count). The van der Waals surface area contributed by atoms with E-state index < -0.39 is 0 Å². The molecule has 2 heterocycles. The Hall–Kier alpha value is -2.15. The van der Waals surface area contributed by atoms with Crippen molar-refractivity contribution >= 4 is 5.91 Å². The molecule has 0 aliphatic rings. The minimum Gasteiger partial charge on any atom is -0.394 e. The molecule has 2 aromatic rings. The normalized spacial score (nSPS) is 13.9. The summed E-state index contributed by atoms with van der Waals surface area (Å²) in [7, 11) is 0. The van der Waals surface area contributed by atoms with E-state index in [0.717, 1.165) is 23.4 Å². The summed E-state index contributed by atoms with van der Waals surface area (Å²) in [5, 5.41) is 24.0. The summed E-state index contributed by atoms with van der Waals surface area (Å²) < 4.78 is 1.96. The number of aryl methyl sites for hydroxylation is 1. The van der Waals surface area contributed by atoms with Gasteiger partial charge in [0.05, 0.1) is 24.0 Å². The number of amides is 1. The number of carbonyl (C=O) groups is 1. The Bertz CT molecular complexity index is 732. The van der Waals surface area contributed by atoms with Crippen molar-refractivity contribution < 1.29 is 9.90 Å². The maximum absolute atomic E-state index is 12.4. The lowest BCUT2D eigenvalue weighted by Gasteiger charge is -2.21. The molecule has 0 aromatic carbocycles. The molecule has 0 aliphatic heterocycles. The second-order valence-corrected chi connectivity index (χ2v) is 6.90. The Balaban J connectivity index is 2.24. The van der Waals surface area contributed by atoms with Crippen LogP contribution >= 0.6 is 0 Å². The van der Waals surface area contributed by atoms with Crippen LogP contribution in [-0.2, 0) is 0 Å². The van der Waals surface area contributed by atoms with Gasteiger partial charge in [-0.25, -0.2) is 0 Å². The number of aliphatic hydroxyl groups is 1. The van der Waals surface area contributed by atoms with Crippen LogP contribution in [0.1, 0.15) is 62.0 Å². The number of aromatic nitrogens is 4. The van der Waals surface area contributed by atoms with Gasteiger partial charge in [-0.05, 0) is 39.7 Å². The van der Waals surface area contributed by atoms with E-state index in [-0.39, 0.29) is 30.5 Å². The number of H-pyrrole nitrogens is 1. The second-order valence-electron chi connectivity index (χ2n) is 6.90. The van der Waals surface area contributed by atoms with Crippen molar-refractivity contribution in [1.29, 1.82) is 0 Å². The van der Waals surface area contributed by atoms with Gasteiger partial charge in [-0.2, -0.15) is 10.2 Å². The number of aliphatic hydroxyl groups excluding tert-OH is 1. The molecule has 7 nitrogen and oxygen atoms in total. The summed E-state index contributed by atoms with van der Waals surface area (Å²) in [4.78, 5) is 12.4. The van der Waals surface area contributed by atoms with Crippen LogP contribution in [0.25, 0.3) is 11.3 Å². The molecule has 0 radical (unpaired) electrons. The van der Waals surface area contributed by atoms with Crippen LogP contribution in [0.2, 0.25) is 0 Å². The highest BCUT2D eigenvalue weighted by molar-refractivity contribution is 5.93. The quantitative estimate of drug-likeness (QED) is 0.717. The third kappa shape index (κ3) is 3.92. The number of rotatable bonds is 7. The smallest absolute Gasteiger partial charge is 0.269 e. The average molecular weight is 347 g/mol. The topological polar surface area (TPSA) is 95.8 Å². The van der Waals surface area contributed by atoms with E-state index in [4.69, 9.17) is 0 Å². The average Bonchev–Trinajstić information content (AvgIpc) is 3.16. The van der Waals surface area contributed by atoms with Gasteiger partial charge < -0.3 is 10.4 Å². The molecule has 25 heavy (non-hydrogen) atoms. The molecule has 0 aliphatic carbocycles. The van der Waals surface area contributed by atoms with Crippen molar-refractivity contribution in [2.24, 2.45) is 5.92 Å². The largest absolute Gasteiger partial charge is 0.394 e. The van der Waals surface area contributed by atoms with Crippen LogP contribution in [-0.4, -0.2) is 43.6 Å². The van der Waals surface area contributed by atoms with E-state index in [1.165, 1.54) is 0 Å². The van der Waals surface area contributed by atoms with Crippen LogP contribution in [0, 0.1) is 19.8 Å². The van der Waals surface area contributed by atoms with E-state index in [2.05, 4.69) is 34.5 Å². The van der Waals surface area contributed by atoms with Crippen LogP contribution in [0.5, 0.6) is 0 Å². The minimum absolute atomic E-state index is 0.0822. The highest BCUT2D eigenvalue weighted by Gasteiger charge is 2.22. The monoisotopic (exact) mass is 347 g/mol. The van der Waals surface area contributed by atoms with Crippen molar-refractivity contribution in [3.05, 3.63) is 23.1 Å². The van der Waals surface area contributed by atoms with Crippen LogP contribution in [0.4, 0.5) is 0 Å². The first-order chi connectivity index (χ1) is 11.8. The molecular weight excluding hydrogens is 318 g/mol. The van der Waals surface area contributed by atoms with Gasteiger partial charge >= 0.3 is 0 Å². The first-order valence-corrected chi connectivity index (χ1v) is 8.83. The van der Waals surface area contributed by atoms with Crippen molar-refractivity contribution in [2.75, 3.05) is 6.61 Å². The predicted molar refractivity (Wildman–Crippen MR) is 97.5 cm³/mol. The maximum atomic E-state index is 12.4. The molecule has 0 fully saturated rings. The van der Waals surface area contributed by atoms with Crippen molar-refractivity contribution in [3.8, 4) is 11.3 Å². The molecule has 0 spiro atoms. The first-order valence-electron chi connectivity index (χ1n) is 8.83. The van der Waals surface area contributed by atoms with Crippen molar-refractivity contribution in [1.82, 2.24) is 25.3 Å².